The summed E-state index contributed by atoms with van der Waals surface area (Å²) in [6.07, 6.45) is 0.996. The maximum atomic E-state index is 12.0. The quantitative estimate of drug-likeness (QED) is 0.596. The predicted octanol–water partition coefficient (Wildman–Crippen LogP) is 2.39. The zero-order chi connectivity index (χ0) is 15.7. The molecule has 0 saturated heterocycles. The number of hydrogen-bond donors (Lipinski definition) is 2. The smallest absolute Gasteiger partial charge is 0.191 e. The molecule has 0 aromatic carbocycles. The fourth-order valence-corrected chi connectivity index (χ4v) is 3.23. The molecule has 0 amide bonds. The molecule has 0 saturated carbocycles. The summed E-state index contributed by atoms with van der Waals surface area (Å²) in [5, 5.41) is 8.63. The summed E-state index contributed by atoms with van der Waals surface area (Å²) >= 11 is 1.77. The first-order chi connectivity index (χ1) is 9.93. The van der Waals surface area contributed by atoms with Gasteiger partial charge in [-0.3, -0.25) is 9.20 Å². The third-order valence-electron chi connectivity index (χ3n) is 2.82. The van der Waals surface area contributed by atoms with E-state index < -0.39 is 10.8 Å². The zero-order valence-electron chi connectivity index (χ0n) is 13.4. The molecule has 6 heteroatoms. The Morgan fingerprint density at radius 1 is 1.38 bits per heavy atom. The van der Waals surface area contributed by atoms with Crippen LogP contribution in [0.2, 0.25) is 0 Å². The second-order valence-corrected chi connectivity index (χ2v) is 9.04. The monoisotopic (exact) mass is 329 g/mol. The van der Waals surface area contributed by atoms with E-state index in [9.17, 15) is 4.21 Å². The zero-order valence-corrected chi connectivity index (χ0v) is 15.1. The average molecular weight is 330 g/mol. The summed E-state index contributed by atoms with van der Waals surface area (Å²) in [6, 6.07) is 4.21. The van der Waals surface area contributed by atoms with Crippen molar-refractivity contribution in [1.29, 1.82) is 0 Å². The van der Waals surface area contributed by atoms with Gasteiger partial charge in [0, 0.05) is 39.3 Å². The van der Waals surface area contributed by atoms with E-state index in [0.717, 1.165) is 25.5 Å². The molecule has 2 N–H and O–H groups in total. The maximum absolute atomic E-state index is 12.0. The topological polar surface area (TPSA) is 53.5 Å². The molecule has 0 aliphatic carbocycles. The summed E-state index contributed by atoms with van der Waals surface area (Å²) in [5.41, 5.74) is 0. The van der Waals surface area contributed by atoms with E-state index in [2.05, 4.69) is 33.1 Å². The van der Waals surface area contributed by atoms with Gasteiger partial charge in [-0.1, -0.05) is 6.07 Å². The van der Waals surface area contributed by atoms with E-state index in [1.165, 1.54) is 4.88 Å². The highest BCUT2D eigenvalue weighted by atomic mass is 32.2. The molecule has 1 rings (SSSR count). The van der Waals surface area contributed by atoms with Crippen molar-refractivity contribution < 1.29 is 4.21 Å². The van der Waals surface area contributed by atoms with Gasteiger partial charge in [0.15, 0.2) is 5.96 Å². The van der Waals surface area contributed by atoms with E-state index >= 15 is 0 Å². The average Bonchev–Trinajstić information content (AvgIpc) is 2.90. The first-order valence-electron chi connectivity index (χ1n) is 7.36. The first-order valence-corrected chi connectivity index (χ1v) is 9.56. The molecular formula is C15H27N3OS2. The Bertz CT molecular complexity index is 450. The highest BCUT2D eigenvalue weighted by Gasteiger charge is 2.18. The van der Waals surface area contributed by atoms with Crippen molar-refractivity contribution in [2.24, 2.45) is 4.99 Å². The van der Waals surface area contributed by atoms with Gasteiger partial charge in [0.1, 0.15) is 0 Å². The van der Waals surface area contributed by atoms with Crippen LogP contribution in [0.4, 0.5) is 0 Å². The van der Waals surface area contributed by atoms with Crippen LogP contribution < -0.4 is 10.6 Å². The Hall–Kier alpha value is -0.880. The van der Waals surface area contributed by atoms with Gasteiger partial charge in [-0.05, 0) is 45.6 Å². The Labute approximate surface area is 134 Å². The lowest BCUT2D eigenvalue weighted by atomic mass is 10.3. The SMILES string of the molecule is CCNC(=NCCS(=O)C(C)(C)C)NCCc1cccs1. The minimum atomic E-state index is -0.849. The number of nitrogens with one attached hydrogen (secondary N) is 2. The summed E-state index contributed by atoms with van der Waals surface area (Å²) < 4.78 is 11.8. The van der Waals surface area contributed by atoms with Crippen LogP contribution in [0.1, 0.15) is 32.6 Å². The summed E-state index contributed by atoms with van der Waals surface area (Å²) in [4.78, 5) is 5.86. The largest absolute Gasteiger partial charge is 0.357 e. The van der Waals surface area contributed by atoms with Crippen molar-refractivity contribution in [1.82, 2.24) is 10.6 Å². The van der Waals surface area contributed by atoms with Crippen LogP contribution in [-0.2, 0) is 17.2 Å². The normalized spacial score (nSPS) is 14.0. The van der Waals surface area contributed by atoms with Crippen molar-refractivity contribution >= 4 is 28.1 Å². The van der Waals surface area contributed by atoms with Crippen LogP contribution in [0.3, 0.4) is 0 Å². The lowest BCUT2D eigenvalue weighted by Gasteiger charge is -2.17. The van der Waals surface area contributed by atoms with Crippen molar-refractivity contribution in [3.8, 4) is 0 Å². The molecule has 0 spiro atoms. The fraction of sp³-hybridized carbons (Fsp3) is 0.667. The van der Waals surface area contributed by atoms with Crippen molar-refractivity contribution in [3.05, 3.63) is 22.4 Å². The number of nitrogens with zero attached hydrogens (tertiary/aromatic N) is 1. The van der Waals surface area contributed by atoms with Gasteiger partial charge in [-0.2, -0.15) is 0 Å². The van der Waals surface area contributed by atoms with Gasteiger partial charge < -0.3 is 10.6 Å². The van der Waals surface area contributed by atoms with Crippen LogP contribution in [0.15, 0.2) is 22.5 Å². The van der Waals surface area contributed by atoms with Crippen LogP contribution in [0.25, 0.3) is 0 Å². The molecule has 1 unspecified atom stereocenters. The Morgan fingerprint density at radius 3 is 2.71 bits per heavy atom. The van der Waals surface area contributed by atoms with Crippen LogP contribution in [-0.4, -0.2) is 40.3 Å². The van der Waals surface area contributed by atoms with E-state index in [1.54, 1.807) is 11.3 Å². The lowest BCUT2D eigenvalue weighted by molar-refractivity contribution is 0.648. The molecule has 1 atom stereocenters. The maximum Gasteiger partial charge on any atom is 0.191 e. The molecule has 4 nitrogen and oxygen atoms in total. The summed E-state index contributed by atoms with van der Waals surface area (Å²) in [5.74, 6) is 1.41. The second-order valence-electron chi connectivity index (χ2n) is 5.68. The van der Waals surface area contributed by atoms with Gasteiger partial charge >= 0.3 is 0 Å². The van der Waals surface area contributed by atoms with E-state index in [0.29, 0.717) is 12.3 Å². The van der Waals surface area contributed by atoms with Crippen molar-refractivity contribution in [2.45, 2.75) is 38.9 Å². The number of guanidine groups is 1. The van der Waals surface area contributed by atoms with Gasteiger partial charge in [-0.25, -0.2) is 0 Å². The highest BCUT2D eigenvalue weighted by Crippen LogP contribution is 2.11. The lowest BCUT2D eigenvalue weighted by Crippen LogP contribution is -2.38. The van der Waals surface area contributed by atoms with E-state index in [1.807, 2.05) is 27.7 Å². The molecule has 0 aliphatic rings. The molecule has 120 valence electrons. The third-order valence-corrected chi connectivity index (χ3v) is 5.67. The molecule has 1 aromatic rings. The summed E-state index contributed by atoms with van der Waals surface area (Å²) in [7, 11) is -0.849. The molecule has 1 heterocycles. The van der Waals surface area contributed by atoms with Crippen LogP contribution in [0, 0.1) is 0 Å². The van der Waals surface area contributed by atoms with Crippen molar-refractivity contribution in [2.75, 3.05) is 25.4 Å². The molecule has 0 aliphatic heterocycles. The molecule has 21 heavy (non-hydrogen) atoms. The second kappa shape index (κ2) is 9.20. The minimum absolute atomic E-state index is 0.166. The van der Waals surface area contributed by atoms with Crippen molar-refractivity contribution in [3.63, 3.8) is 0 Å². The Kier molecular flexibility index (Phi) is 7.96. The van der Waals surface area contributed by atoms with E-state index in [4.69, 9.17) is 0 Å². The molecule has 0 bridgehead atoms. The minimum Gasteiger partial charge on any atom is -0.357 e. The predicted molar refractivity (Wildman–Crippen MR) is 94.8 cm³/mol. The number of rotatable bonds is 7. The third kappa shape index (κ3) is 7.62. The number of hydrogen-bond acceptors (Lipinski definition) is 3. The summed E-state index contributed by atoms with van der Waals surface area (Å²) in [6.45, 7) is 10.3. The molecular weight excluding hydrogens is 302 g/mol. The molecule has 0 fully saturated rings. The molecule has 1 aromatic heterocycles. The van der Waals surface area contributed by atoms with Crippen LogP contribution in [0.5, 0.6) is 0 Å². The standard InChI is InChI=1S/C15H27N3OS2/c1-5-16-14(17-9-8-13-7-6-11-20-13)18-10-12-21(19)15(2,3)4/h6-7,11H,5,8-10,12H2,1-4H3,(H2,16,17,18). The Balaban J connectivity index is 2.37. The number of thiophene rings is 1. The van der Waals surface area contributed by atoms with Gasteiger partial charge in [0.2, 0.25) is 0 Å². The van der Waals surface area contributed by atoms with E-state index in [-0.39, 0.29) is 4.75 Å². The van der Waals surface area contributed by atoms with Crippen LogP contribution >= 0.6 is 11.3 Å². The van der Waals surface area contributed by atoms with Gasteiger partial charge in [-0.15, -0.1) is 11.3 Å². The number of aliphatic imine (C=N–C) groups is 1. The molecule has 0 radical (unpaired) electrons. The van der Waals surface area contributed by atoms with Gasteiger partial charge in [0.05, 0.1) is 6.54 Å². The highest BCUT2D eigenvalue weighted by molar-refractivity contribution is 7.86. The fourth-order valence-electron chi connectivity index (χ4n) is 1.65. The van der Waals surface area contributed by atoms with Gasteiger partial charge in [0.25, 0.3) is 0 Å². The first kappa shape index (κ1) is 18.2. The Morgan fingerprint density at radius 2 is 2.14 bits per heavy atom.